The maximum Gasteiger partial charge on any atom is 0.273 e. The van der Waals surface area contributed by atoms with Gasteiger partial charge in [0.25, 0.3) is 11.8 Å². The topological polar surface area (TPSA) is 141 Å². The first-order valence-electron chi connectivity index (χ1n) is 10.8. The van der Waals surface area contributed by atoms with Gasteiger partial charge >= 0.3 is 0 Å². The van der Waals surface area contributed by atoms with Crippen molar-refractivity contribution < 1.29 is 23.5 Å². The summed E-state index contributed by atoms with van der Waals surface area (Å²) in [6.07, 6.45) is 0.775. The Kier molecular flexibility index (Phi) is 8.50. The van der Waals surface area contributed by atoms with Gasteiger partial charge in [0.15, 0.2) is 5.69 Å². The number of nitrogen functional groups attached to an aromatic ring is 1. The van der Waals surface area contributed by atoms with Gasteiger partial charge in [0.1, 0.15) is 16.7 Å². The third kappa shape index (κ3) is 5.81. The van der Waals surface area contributed by atoms with Crippen LogP contribution in [0.3, 0.4) is 0 Å². The number of carbonyl (C=O) groups is 3. The van der Waals surface area contributed by atoms with Crippen LogP contribution in [0.1, 0.15) is 44.3 Å². The van der Waals surface area contributed by atoms with Crippen LogP contribution >= 0.6 is 11.5 Å². The molecular formula is C24H26FN5O4S. The van der Waals surface area contributed by atoms with E-state index in [1.54, 1.807) is 12.1 Å². The normalized spacial score (nSPS) is 11.6. The van der Waals surface area contributed by atoms with E-state index in [4.69, 9.17) is 16.2 Å². The second kappa shape index (κ2) is 11.5. The van der Waals surface area contributed by atoms with Crippen molar-refractivity contribution in [1.82, 2.24) is 9.69 Å². The number of primary amides is 1. The van der Waals surface area contributed by atoms with Gasteiger partial charge in [-0.3, -0.25) is 19.3 Å². The minimum atomic E-state index is -1.19. The van der Waals surface area contributed by atoms with Crippen LogP contribution in [0.15, 0.2) is 48.5 Å². The Hall–Kier alpha value is -3.83. The molecule has 3 amide bonds. The van der Waals surface area contributed by atoms with Crippen molar-refractivity contribution in [2.75, 3.05) is 30.9 Å². The molecule has 2 aromatic carbocycles. The molecule has 1 atom stereocenters. The number of nitrogens with two attached hydrogens (primary N) is 2. The molecule has 3 rings (SSSR count). The molecule has 0 bridgehead atoms. The second-order valence-electron chi connectivity index (χ2n) is 7.57. The molecule has 35 heavy (non-hydrogen) atoms. The number of nitrogens with one attached hydrogen (secondary N) is 1. The van der Waals surface area contributed by atoms with Crippen molar-refractivity contribution in [3.8, 4) is 0 Å². The fraction of sp³-hybridized carbons (Fsp3) is 0.250. The average molecular weight is 500 g/mol. The smallest absolute Gasteiger partial charge is 0.273 e. The van der Waals surface area contributed by atoms with Crippen molar-refractivity contribution >= 4 is 40.6 Å². The zero-order valence-corrected chi connectivity index (χ0v) is 20.1. The molecule has 0 spiro atoms. The lowest BCUT2D eigenvalue weighted by Gasteiger charge is -2.31. The number of rotatable bonds is 10. The molecule has 1 aromatic heterocycles. The van der Waals surface area contributed by atoms with E-state index < -0.39 is 29.6 Å². The number of aromatic nitrogens is 1. The third-order valence-electron chi connectivity index (χ3n) is 5.29. The molecule has 1 heterocycles. The molecule has 0 aliphatic rings. The molecule has 3 aromatic rings. The number of amides is 3. The van der Waals surface area contributed by atoms with E-state index in [-0.39, 0.29) is 29.4 Å². The highest BCUT2D eigenvalue weighted by atomic mass is 32.1. The number of halogens is 1. The number of benzene rings is 2. The number of aryl methyl sites for hydroxylation is 1. The highest BCUT2D eigenvalue weighted by Crippen LogP contribution is 2.33. The maximum atomic E-state index is 13.9. The van der Waals surface area contributed by atoms with Gasteiger partial charge < -0.3 is 21.5 Å². The summed E-state index contributed by atoms with van der Waals surface area (Å²) in [5.41, 5.74) is 12.8. The Labute approximate surface area is 206 Å². The van der Waals surface area contributed by atoms with E-state index in [2.05, 4.69) is 9.69 Å². The standard InChI is InChI=1S/C24H26FN5O4S/c1-3-14-4-10-17(11-5-14)30(24(33)21-18(26)19(22(27)31)29-35-21)20(23(32)28-12-13-34-2)15-6-8-16(25)9-7-15/h4-11,20H,3,12-13,26H2,1-2H3,(H2,27,31)(H,28,32)/t20-/m1/s1. The van der Waals surface area contributed by atoms with Gasteiger partial charge in [-0.15, -0.1) is 0 Å². The van der Waals surface area contributed by atoms with Gasteiger partial charge in [-0.05, 0) is 53.3 Å². The van der Waals surface area contributed by atoms with Crippen LogP contribution in [0.25, 0.3) is 0 Å². The zero-order chi connectivity index (χ0) is 25.5. The van der Waals surface area contributed by atoms with Gasteiger partial charge in [0.05, 0.1) is 12.3 Å². The van der Waals surface area contributed by atoms with E-state index in [9.17, 15) is 18.8 Å². The summed E-state index contributed by atoms with van der Waals surface area (Å²) in [6, 6.07) is 11.2. The summed E-state index contributed by atoms with van der Waals surface area (Å²) in [5, 5.41) is 2.74. The van der Waals surface area contributed by atoms with Crippen LogP contribution in [-0.4, -0.2) is 42.4 Å². The lowest BCUT2D eigenvalue weighted by Crippen LogP contribution is -2.44. The number of nitrogens with zero attached hydrogens (tertiary/aromatic N) is 2. The maximum absolute atomic E-state index is 13.9. The van der Waals surface area contributed by atoms with Crippen LogP contribution in [0.4, 0.5) is 15.8 Å². The number of hydrogen-bond acceptors (Lipinski definition) is 7. The number of ether oxygens (including phenoxy) is 1. The number of anilines is 2. The Morgan fingerprint density at radius 1 is 1.14 bits per heavy atom. The highest BCUT2D eigenvalue weighted by molar-refractivity contribution is 7.09. The van der Waals surface area contributed by atoms with E-state index in [1.165, 1.54) is 36.3 Å². The fourth-order valence-electron chi connectivity index (χ4n) is 3.45. The van der Waals surface area contributed by atoms with Crippen molar-refractivity contribution in [3.63, 3.8) is 0 Å². The molecule has 184 valence electrons. The highest BCUT2D eigenvalue weighted by Gasteiger charge is 2.36. The summed E-state index contributed by atoms with van der Waals surface area (Å²) >= 11 is 0.713. The van der Waals surface area contributed by atoms with Crippen molar-refractivity contribution in [2.45, 2.75) is 19.4 Å². The summed E-state index contributed by atoms with van der Waals surface area (Å²) in [4.78, 5) is 40.1. The first-order valence-corrected chi connectivity index (χ1v) is 11.5. The first kappa shape index (κ1) is 25.8. The lowest BCUT2D eigenvalue weighted by molar-refractivity contribution is -0.122. The zero-order valence-electron chi connectivity index (χ0n) is 19.3. The Morgan fingerprint density at radius 2 is 1.80 bits per heavy atom. The molecule has 11 heteroatoms. The summed E-state index contributed by atoms with van der Waals surface area (Å²) in [6.45, 7) is 2.44. The van der Waals surface area contributed by atoms with Gasteiger partial charge in [0.2, 0.25) is 5.91 Å². The summed E-state index contributed by atoms with van der Waals surface area (Å²) in [5.74, 6) is -2.54. The van der Waals surface area contributed by atoms with Crippen LogP contribution < -0.4 is 21.7 Å². The Bertz CT molecular complexity index is 1200. The molecule has 9 nitrogen and oxygen atoms in total. The Balaban J connectivity index is 2.17. The van der Waals surface area contributed by atoms with Gasteiger partial charge in [-0.2, -0.15) is 4.37 Å². The van der Waals surface area contributed by atoms with Gasteiger partial charge in [-0.25, -0.2) is 4.39 Å². The number of hydrogen-bond donors (Lipinski definition) is 3. The van der Waals surface area contributed by atoms with Gasteiger partial charge in [-0.1, -0.05) is 31.2 Å². The van der Waals surface area contributed by atoms with Crippen molar-refractivity contribution in [1.29, 1.82) is 0 Å². The summed E-state index contributed by atoms with van der Waals surface area (Å²) in [7, 11) is 1.50. The predicted molar refractivity (Wildman–Crippen MR) is 132 cm³/mol. The quantitative estimate of drug-likeness (QED) is 0.366. The molecule has 0 saturated heterocycles. The molecule has 0 radical (unpaired) electrons. The number of carbonyl (C=O) groups excluding carboxylic acids is 3. The molecule has 0 saturated carbocycles. The lowest BCUT2D eigenvalue weighted by atomic mass is 10.0. The monoisotopic (exact) mass is 499 g/mol. The number of methoxy groups -OCH3 is 1. The van der Waals surface area contributed by atoms with E-state index in [0.717, 1.165) is 12.0 Å². The van der Waals surface area contributed by atoms with Crippen LogP contribution in [0.5, 0.6) is 0 Å². The fourth-order valence-corrected chi connectivity index (χ4v) is 4.19. The minimum absolute atomic E-state index is 0.0461. The molecular weight excluding hydrogens is 473 g/mol. The van der Waals surface area contributed by atoms with Crippen LogP contribution in [0.2, 0.25) is 0 Å². The van der Waals surface area contributed by atoms with Crippen molar-refractivity contribution in [2.24, 2.45) is 5.73 Å². The second-order valence-corrected chi connectivity index (χ2v) is 8.34. The third-order valence-corrected chi connectivity index (χ3v) is 6.15. The van der Waals surface area contributed by atoms with Gasteiger partial charge in [0, 0.05) is 19.3 Å². The van der Waals surface area contributed by atoms with Crippen molar-refractivity contribution in [3.05, 3.63) is 76.0 Å². The first-order chi connectivity index (χ1) is 16.8. The van der Waals surface area contributed by atoms with E-state index in [1.807, 2.05) is 19.1 Å². The molecule has 0 aliphatic carbocycles. The average Bonchev–Trinajstić information content (AvgIpc) is 3.24. The van der Waals surface area contributed by atoms with E-state index >= 15 is 0 Å². The summed E-state index contributed by atoms with van der Waals surface area (Å²) < 4.78 is 22.6. The SMILES string of the molecule is CCc1ccc(N(C(=O)c2snc(C(N)=O)c2N)[C@@H](C(=O)NCCOC)c2ccc(F)cc2)cc1. The van der Waals surface area contributed by atoms with E-state index in [0.29, 0.717) is 22.8 Å². The predicted octanol–water partition coefficient (Wildman–Crippen LogP) is 2.68. The molecule has 0 aliphatic heterocycles. The molecule has 5 N–H and O–H groups in total. The largest absolute Gasteiger partial charge is 0.395 e. The molecule has 0 fully saturated rings. The Morgan fingerprint density at radius 3 is 2.34 bits per heavy atom. The molecule has 0 unspecified atom stereocenters. The minimum Gasteiger partial charge on any atom is -0.395 e. The van der Waals surface area contributed by atoms with Crippen LogP contribution in [-0.2, 0) is 16.0 Å². The van der Waals surface area contributed by atoms with Crippen LogP contribution in [0, 0.1) is 5.82 Å².